The first-order valence-corrected chi connectivity index (χ1v) is 3.64. The number of aromatic nitrogens is 4. The first-order chi connectivity index (χ1) is 5.46. The van der Waals surface area contributed by atoms with Gasteiger partial charge in [0.15, 0.2) is 0 Å². The number of rotatable bonds is 1. The molecule has 0 aromatic carbocycles. The second-order valence-electron chi connectivity index (χ2n) is 3.47. The predicted molar refractivity (Wildman–Crippen MR) is 45.7 cm³/mol. The Hall–Kier alpha value is -1.39. The van der Waals surface area contributed by atoms with Crippen LogP contribution in [0.25, 0.3) is 6.20 Å². The van der Waals surface area contributed by atoms with E-state index in [4.69, 9.17) is 0 Å². The quantitative estimate of drug-likeness (QED) is 0.605. The van der Waals surface area contributed by atoms with Crippen molar-refractivity contribution in [2.75, 3.05) is 0 Å². The lowest BCUT2D eigenvalue weighted by molar-refractivity contribution is 0.337. The minimum absolute atomic E-state index is 0.266. The molecule has 0 amide bonds. The van der Waals surface area contributed by atoms with Gasteiger partial charge in [0, 0.05) is 6.20 Å². The van der Waals surface area contributed by atoms with Crippen molar-refractivity contribution in [2.45, 2.75) is 26.3 Å². The zero-order chi connectivity index (χ0) is 9.35. The van der Waals surface area contributed by atoms with Gasteiger partial charge in [0.25, 0.3) is 0 Å². The summed E-state index contributed by atoms with van der Waals surface area (Å²) >= 11 is 0. The Morgan fingerprint density at radius 3 is 2.25 bits per heavy atom. The third kappa shape index (κ3) is 1.30. The Labute approximate surface area is 70.3 Å². The van der Waals surface area contributed by atoms with E-state index in [2.05, 4.69) is 17.0 Å². The van der Waals surface area contributed by atoms with E-state index in [-0.39, 0.29) is 11.2 Å². The van der Waals surface area contributed by atoms with Gasteiger partial charge >= 0.3 is 5.69 Å². The van der Waals surface area contributed by atoms with Crippen LogP contribution in [0.2, 0.25) is 0 Å². The van der Waals surface area contributed by atoms with Crippen LogP contribution < -0.4 is 5.69 Å². The van der Waals surface area contributed by atoms with Gasteiger partial charge in [-0.3, -0.25) is 0 Å². The molecule has 1 aromatic rings. The van der Waals surface area contributed by atoms with Crippen molar-refractivity contribution >= 4 is 6.20 Å². The lowest BCUT2D eigenvalue weighted by Crippen LogP contribution is -2.34. The standard InChI is InChI=1S/C7H12N4O/c1-5-10-6(12)11(9-8-10)7(2,3)4/h5H,1H2,2-4H3. The van der Waals surface area contributed by atoms with E-state index < -0.39 is 0 Å². The van der Waals surface area contributed by atoms with Crippen LogP contribution >= 0.6 is 0 Å². The average Bonchev–Trinajstić information content (AvgIpc) is 2.29. The Kier molecular flexibility index (Phi) is 1.87. The van der Waals surface area contributed by atoms with Crippen molar-refractivity contribution in [3.63, 3.8) is 0 Å². The maximum Gasteiger partial charge on any atom is 0.368 e. The Bertz CT molecular complexity index is 341. The normalized spacial score (nSPS) is 11.6. The highest BCUT2D eigenvalue weighted by Gasteiger charge is 2.18. The molecule has 0 fully saturated rings. The van der Waals surface area contributed by atoms with Gasteiger partial charge in [0.2, 0.25) is 0 Å². The molecule has 0 saturated carbocycles. The van der Waals surface area contributed by atoms with Crippen molar-refractivity contribution in [3.05, 3.63) is 17.1 Å². The van der Waals surface area contributed by atoms with Crippen molar-refractivity contribution in [1.82, 2.24) is 19.8 Å². The largest absolute Gasteiger partial charge is 0.368 e. The molecule has 66 valence electrons. The molecule has 0 N–H and O–H groups in total. The summed E-state index contributed by atoms with van der Waals surface area (Å²) in [5.41, 5.74) is -0.601. The zero-order valence-electron chi connectivity index (χ0n) is 7.48. The molecule has 0 aliphatic heterocycles. The molecule has 0 aliphatic rings. The van der Waals surface area contributed by atoms with Gasteiger partial charge in [-0.05, 0) is 31.2 Å². The lowest BCUT2D eigenvalue weighted by Gasteiger charge is -2.15. The molecule has 0 atom stereocenters. The minimum atomic E-state index is -0.335. The fourth-order valence-corrected chi connectivity index (χ4v) is 0.792. The van der Waals surface area contributed by atoms with Gasteiger partial charge in [-0.15, -0.1) is 0 Å². The summed E-state index contributed by atoms with van der Waals surface area (Å²) in [5, 5.41) is 7.30. The summed E-state index contributed by atoms with van der Waals surface area (Å²) in [4.78, 5) is 11.4. The molecule has 0 unspecified atom stereocenters. The molecule has 0 radical (unpaired) electrons. The van der Waals surface area contributed by atoms with Crippen LogP contribution in [-0.4, -0.2) is 19.8 Å². The third-order valence-corrected chi connectivity index (χ3v) is 1.41. The highest BCUT2D eigenvalue weighted by atomic mass is 16.2. The average molecular weight is 168 g/mol. The van der Waals surface area contributed by atoms with Crippen molar-refractivity contribution in [2.24, 2.45) is 0 Å². The number of hydrogen-bond donors (Lipinski definition) is 0. The molecular formula is C7H12N4O. The first kappa shape index (κ1) is 8.70. The highest BCUT2D eigenvalue weighted by molar-refractivity contribution is 5.10. The Morgan fingerprint density at radius 2 is 2.00 bits per heavy atom. The molecule has 12 heavy (non-hydrogen) atoms. The molecule has 1 rings (SSSR count). The van der Waals surface area contributed by atoms with Crippen LogP contribution in [0.4, 0.5) is 0 Å². The van der Waals surface area contributed by atoms with E-state index in [0.29, 0.717) is 0 Å². The SMILES string of the molecule is C=Cn1nnn(C(C)(C)C)c1=O. The molecule has 1 heterocycles. The maximum atomic E-state index is 11.4. The summed E-state index contributed by atoms with van der Waals surface area (Å²) < 4.78 is 2.42. The monoisotopic (exact) mass is 168 g/mol. The fourth-order valence-electron chi connectivity index (χ4n) is 0.792. The summed E-state index contributed by atoms with van der Waals surface area (Å²) in [5.74, 6) is 0. The Morgan fingerprint density at radius 1 is 1.42 bits per heavy atom. The molecule has 1 aromatic heterocycles. The molecule has 0 bridgehead atoms. The molecule has 0 saturated heterocycles. The predicted octanol–water partition coefficient (Wildman–Crippen LogP) is 0.295. The van der Waals surface area contributed by atoms with Crippen LogP contribution in [0.15, 0.2) is 11.4 Å². The van der Waals surface area contributed by atoms with Crippen molar-refractivity contribution in [3.8, 4) is 0 Å². The fraction of sp³-hybridized carbons (Fsp3) is 0.571. The third-order valence-electron chi connectivity index (χ3n) is 1.41. The molecule has 5 heteroatoms. The first-order valence-electron chi connectivity index (χ1n) is 3.64. The van der Waals surface area contributed by atoms with Gasteiger partial charge < -0.3 is 0 Å². The molecule has 5 nitrogen and oxygen atoms in total. The lowest BCUT2D eigenvalue weighted by atomic mass is 10.1. The van der Waals surface area contributed by atoms with Gasteiger partial charge in [-0.25, -0.2) is 4.79 Å². The zero-order valence-corrected chi connectivity index (χ0v) is 7.48. The number of hydrogen-bond acceptors (Lipinski definition) is 3. The molecule has 0 aliphatic carbocycles. The van der Waals surface area contributed by atoms with E-state index in [1.165, 1.54) is 10.9 Å². The second kappa shape index (κ2) is 2.58. The highest BCUT2D eigenvalue weighted by Crippen LogP contribution is 2.06. The maximum absolute atomic E-state index is 11.4. The number of nitrogens with zero attached hydrogens (tertiary/aromatic N) is 4. The van der Waals surface area contributed by atoms with Gasteiger partial charge in [0.1, 0.15) is 0 Å². The molecular weight excluding hydrogens is 156 g/mol. The van der Waals surface area contributed by atoms with E-state index in [0.717, 1.165) is 4.68 Å². The van der Waals surface area contributed by atoms with Crippen LogP contribution in [0, 0.1) is 0 Å². The molecule has 0 spiro atoms. The van der Waals surface area contributed by atoms with E-state index in [1.807, 2.05) is 20.8 Å². The smallest absolute Gasteiger partial charge is 0.244 e. The van der Waals surface area contributed by atoms with Crippen LogP contribution in [0.3, 0.4) is 0 Å². The number of tetrazole rings is 1. The van der Waals surface area contributed by atoms with E-state index in [9.17, 15) is 4.79 Å². The Balaban J connectivity index is 3.29. The van der Waals surface area contributed by atoms with Crippen LogP contribution in [0.5, 0.6) is 0 Å². The summed E-state index contributed by atoms with van der Waals surface area (Å²) in [7, 11) is 0. The minimum Gasteiger partial charge on any atom is -0.244 e. The summed E-state index contributed by atoms with van der Waals surface area (Å²) in [6.07, 6.45) is 1.33. The van der Waals surface area contributed by atoms with Gasteiger partial charge in [-0.1, -0.05) is 6.58 Å². The van der Waals surface area contributed by atoms with E-state index >= 15 is 0 Å². The van der Waals surface area contributed by atoms with E-state index in [1.54, 1.807) is 0 Å². The summed E-state index contributed by atoms with van der Waals surface area (Å²) in [6.45, 7) is 9.09. The summed E-state index contributed by atoms with van der Waals surface area (Å²) in [6, 6.07) is 0. The van der Waals surface area contributed by atoms with Crippen LogP contribution in [0.1, 0.15) is 20.8 Å². The van der Waals surface area contributed by atoms with Crippen molar-refractivity contribution in [1.29, 1.82) is 0 Å². The van der Waals surface area contributed by atoms with Crippen LogP contribution in [-0.2, 0) is 5.54 Å². The topological polar surface area (TPSA) is 52.7 Å². The second-order valence-corrected chi connectivity index (χ2v) is 3.47. The van der Waals surface area contributed by atoms with Crippen molar-refractivity contribution < 1.29 is 0 Å². The van der Waals surface area contributed by atoms with Gasteiger partial charge in [-0.2, -0.15) is 9.36 Å². The van der Waals surface area contributed by atoms with Gasteiger partial charge in [0.05, 0.1) is 5.54 Å².